The number of anilines is 1. The minimum atomic E-state index is -1.38. The van der Waals surface area contributed by atoms with Crippen molar-refractivity contribution in [1.82, 2.24) is 29.6 Å². The maximum absolute atomic E-state index is 12.7. The summed E-state index contributed by atoms with van der Waals surface area (Å²) in [5, 5.41) is 18.1. The van der Waals surface area contributed by atoms with Crippen molar-refractivity contribution in [1.29, 1.82) is 0 Å². The van der Waals surface area contributed by atoms with E-state index in [4.69, 9.17) is 5.73 Å². The van der Waals surface area contributed by atoms with Gasteiger partial charge in [0.25, 0.3) is 5.91 Å². The quantitative estimate of drug-likeness (QED) is 0.472. The molecular weight excluding hydrogens is 414 g/mol. The highest BCUT2D eigenvalue weighted by Gasteiger charge is 2.23. The van der Waals surface area contributed by atoms with Crippen LogP contribution in [0, 0.1) is 11.8 Å². The van der Waals surface area contributed by atoms with Crippen molar-refractivity contribution in [2.45, 2.75) is 12.5 Å². The SMILES string of the molecule is CN(C)C(=O)c1nn(-c2ccnc(N)n2)c2cc(C#C[C@@](C)(O)c3nccs3)ccc12. The Morgan fingerprint density at radius 1 is 1.26 bits per heavy atom. The Morgan fingerprint density at radius 3 is 2.74 bits per heavy atom. The van der Waals surface area contributed by atoms with Gasteiger partial charge in [0.2, 0.25) is 5.95 Å². The molecule has 9 nitrogen and oxygen atoms in total. The molecule has 0 spiro atoms. The average Bonchev–Trinajstić information content (AvgIpc) is 3.40. The lowest BCUT2D eigenvalue weighted by Crippen LogP contribution is -2.22. The molecule has 0 aliphatic rings. The van der Waals surface area contributed by atoms with Gasteiger partial charge in [0.1, 0.15) is 5.01 Å². The van der Waals surface area contributed by atoms with E-state index in [1.807, 2.05) is 0 Å². The van der Waals surface area contributed by atoms with E-state index >= 15 is 0 Å². The van der Waals surface area contributed by atoms with Gasteiger partial charge in [0.05, 0.1) is 5.52 Å². The number of amides is 1. The average molecular weight is 433 g/mol. The lowest BCUT2D eigenvalue weighted by molar-refractivity contribution is 0.0823. The molecule has 4 rings (SSSR count). The summed E-state index contributed by atoms with van der Waals surface area (Å²) in [6.45, 7) is 1.60. The van der Waals surface area contributed by atoms with Gasteiger partial charge < -0.3 is 15.7 Å². The number of hydrogen-bond donors (Lipinski definition) is 2. The molecule has 0 unspecified atom stereocenters. The van der Waals surface area contributed by atoms with Crippen molar-refractivity contribution >= 4 is 34.1 Å². The molecule has 0 saturated carbocycles. The Morgan fingerprint density at radius 2 is 2.06 bits per heavy atom. The Balaban J connectivity index is 1.86. The van der Waals surface area contributed by atoms with Crippen LogP contribution in [0.15, 0.2) is 42.0 Å². The maximum Gasteiger partial charge on any atom is 0.274 e. The molecule has 10 heteroatoms. The van der Waals surface area contributed by atoms with Crippen LogP contribution in [0.25, 0.3) is 16.7 Å². The lowest BCUT2D eigenvalue weighted by Gasteiger charge is -2.11. The number of rotatable bonds is 3. The van der Waals surface area contributed by atoms with Crippen molar-refractivity contribution in [3.63, 3.8) is 0 Å². The highest BCUT2D eigenvalue weighted by molar-refractivity contribution is 7.09. The number of carbonyl (C=O) groups excluding carboxylic acids is 1. The Hall–Kier alpha value is -3.81. The summed E-state index contributed by atoms with van der Waals surface area (Å²) < 4.78 is 1.54. The van der Waals surface area contributed by atoms with Gasteiger partial charge in [-0.2, -0.15) is 10.1 Å². The summed E-state index contributed by atoms with van der Waals surface area (Å²) in [5.74, 6) is 6.13. The molecule has 0 aliphatic carbocycles. The van der Waals surface area contributed by atoms with E-state index in [1.165, 1.54) is 27.1 Å². The Bertz CT molecular complexity index is 1330. The minimum Gasteiger partial charge on any atom is -0.371 e. The summed E-state index contributed by atoms with van der Waals surface area (Å²) in [6.07, 6.45) is 3.14. The fraction of sp³-hybridized carbons (Fsp3) is 0.190. The molecule has 1 atom stereocenters. The molecule has 0 bridgehead atoms. The molecular formula is C21H19N7O2S. The molecule has 156 valence electrons. The maximum atomic E-state index is 12.7. The topological polar surface area (TPSA) is 123 Å². The van der Waals surface area contributed by atoms with Gasteiger partial charge in [-0.1, -0.05) is 11.8 Å². The van der Waals surface area contributed by atoms with Crippen molar-refractivity contribution in [2.75, 3.05) is 19.8 Å². The summed E-state index contributed by atoms with van der Waals surface area (Å²) in [6, 6.07) is 7.00. The fourth-order valence-electron chi connectivity index (χ4n) is 2.93. The molecule has 3 aromatic heterocycles. The van der Waals surface area contributed by atoms with Crippen molar-refractivity contribution in [3.8, 4) is 17.7 Å². The normalized spacial score (nSPS) is 12.8. The first-order valence-electron chi connectivity index (χ1n) is 9.25. The first kappa shape index (κ1) is 20.5. The van der Waals surface area contributed by atoms with Gasteiger partial charge in [-0.3, -0.25) is 4.79 Å². The van der Waals surface area contributed by atoms with Crippen molar-refractivity contribution in [2.24, 2.45) is 0 Å². The highest BCUT2D eigenvalue weighted by Crippen LogP contribution is 2.25. The number of benzene rings is 1. The fourth-order valence-corrected chi connectivity index (χ4v) is 3.58. The first-order valence-corrected chi connectivity index (χ1v) is 10.1. The molecule has 1 amide bonds. The number of carbonyl (C=O) groups is 1. The van der Waals surface area contributed by atoms with E-state index in [1.54, 1.807) is 56.9 Å². The van der Waals surface area contributed by atoms with Crippen LogP contribution < -0.4 is 5.73 Å². The molecule has 0 fully saturated rings. The van der Waals surface area contributed by atoms with E-state index in [0.29, 0.717) is 27.3 Å². The Labute approximate surface area is 182 Å². The molecule has 0 radical (unpaired) electrons. The van der Waals surface area contributed by atoms with Crippen LogP contribution in [-0.4, -0.2) is 54.7 Å². The third kappa shape index (κ3) is 3.96. The van der Waals surface area contributed by atoms with Crippen LogP contribution in [0.2, 0.25) is 0 Å². The zero-order chi connectivity index (χ0) is 22.2. The zero-order valence-electron chi connectivity index (χ0n) is 17.1. The predicted octanol–water partition coefficient (Wildman–Crippen LogP) is 1.82. The smallest absolute Gasteiger partial charge is 0.274 e. The monoisotopic (exact) mass is 433 g/mol. The third-order valence-corrected chi connectivity index (χ3v) is 5.45. The van der Waals surface area contributed by atoms with Crippen molar-refractivity contribution in [3.05, 3.63) is 58.3 Å². The molecule has 3 N–H and O–H groups in total. The molecule has 3 heterocycles. The number of hydrogen-bond acceptors (Lipinski definition) is 8. The standard InChI is InChI=1S/C21H19N7O2S/c1-21(30,19-23-10-11-31-19)8-6-13-4-5-14-15(12-13)28(16-7-9-24-20(22)25-16)26-17(14)18(29)27(2)3/h4-5,7,9-12,30H,1-3H3,(H2,22,24,25)/t21-/m1/s1. The number of thiazole rings is 1. The number of nitrogens with two attached hydrogens (primary N) is 1. The van der Waals surface area contributed by atoms with Gasteiger partial charge in [-0.25, -0.2) is 14.6 Å². The van der Waals surface area contributed by atoms with Crippen LogP contribution >= 0.6 is 11.3 Å². The second kappa shape index (κ2) is 7.79. The van der Waals surface area contributed by atoms with E-state index in [9.17, 15) is 9.90 Å². The van der Waals surface area contributed by atoms with Gasteiger partial charge in [0, 0.05) is 48.9 Å². The third-order valence-electron chi connectivity index (χ3n) is 4.47. The second-order valence-electron chi connectivity index (χ2n) is 7.12. The van der Waals surface area contributed by atoms with Crippen LogP contribution in [-0.2, 0) is 5.60 Å². The van der Waals surface area contributed by atoms with Gasteiger partial charge in [0.15, 0.2) is 17.1 Å². The van der Waals surface area contributed by atoms with Gasteiger partial charge in [-0.05, 0) is 25.1 Å². The number of nitrogen functional groups attached to an aromatic ring is 1. The number of fused-ring (bicyclic) bond motifs is 1. The molecule has 0 aliphatic heterocycles. The number of nitrogens with zero attached hydrogens (tertiary/aromatic N) is 6. The zero-order valence-corrected chi connectivity index (χ0v) is 17.9. The summed E-state index contributed by atoms with van der Waals surface area (Å²) in [7, 11) is 3.33. The number of aromatic nitrogens is 5. The minimum absolute atomic E-state index is 0.0945. The molecule has 0 saturated heterocycles. The summed E-state index contributed by atoms with van der Waals surface area (Å²) >= 11 is 1.33. The van der Waals surface area contributed by atoms with Crippen LogP contribution in [0.1, 0.15) is 28.0 Å². The molecule has 4 aromatic rings. The van der Waals surface area contributed by atoms with Crippen LogP contribution in [0.4, 0.5) is 5.95 Å². The van der Waals surface area contributed by atoms with E-state index < -0.39 is 5.60 Å². The molecule has 1 aromatic carbocycles. The number of aliphatic hydroxyl groups is 1. The van der Waals surface area contributed by atoms with Gasteiger partial charge >= 0.3 is 0 Å². The van der Waals surface area contributed by atoms with Crippen molar-refractivity contribution < 1.29 is 9.90 Å². The largest absolute Gasteiger partial charge is 0.371 e. The highest BCUT2D eigenvalue weighted by atomic mass is 32.1. The summed E-state index contributed by atoms with van der Waals surface area (Å²) in [5.41, 5.74) is 5.90. The molecule has 31 heavy (non-hydrogen) atoms. The predicted molar refractivity (Wildman–Crippen MR) is 118 cm³/mol. The lowest BCUT2D eigenvalue weighted by atomic mass is 10.1. The summed E-state index contributed by atoms with van der Waals surface area (Å²) in [4.78, 5) is 26.4. The Kier molecular flexibility index (Phi) is 5.14. The van der Waals surface area contributed by atoms with Crippen LogP contribution in [0.3, 0.4) is 0 Å². The first-order chi connectivity index (χ1) is 14.8. The van der Waals surface area contributed by atoms with Gasteiger partial charge in [-0.15, -0.1) is 11.3 Å². The van der Waals surface area contributed by atoms with E-state index in [-0.39, 0.29) is 17.5 Å². The van der Waals surface area contributed by atoms with E-state index in [2.05, 4.69) is 31.9 Å². The second-order valence-corrected chi connectivity index (χ2v) is 8.02. The van der Waals surface area contributed by atoms with E-state index in [0.717, 1.165) is 0 Å². The van der Waals surface area contributed by atoms with Crippen LogP contribution in [0.5, 0.6) is 0 Å².